The predicted octanol–water partition coefficient (Wildman–Crippen LogP) is 2.73. The van der Waals surface area contributed by atoms with Gasteiger partial charge in [-0.2, -0.15) is 13.2 Å². The van der Waals surface area contributed by atoms with Gasteiger partial charge in [0.2, 0.25) is 0 Å². The summed E-state index contributed by atoms with van der Waals surface area (Å²) in [6.07, 6.45) is -4.56. The topological polar surface area (TPSA) is 32.5 Å². The number of hydrogen-bond donors (Lipinski definition) is 1. The fraction of sp³-hybridized carbons (Fsp3) is 0.571. The molecule has 2 N–H and O–H groups in total. The molecule has 112 valence electrons. The highest BCUT2D eigenvalue weighted by atomic mass is 19.4. The van der Waals surface area contributed by atoms with Crippen molar-refractivity contribution in [3.05, 3.63) is 24.3 Å². The number of anilines is 2. The second kappa shape index (κ2) is 6.35. The lowest BCUT2D eigenvalue weighted by Gasteiger charge is -2.36. The summed E-state index contributed by atoms with van der Waals surface area (Å²) in [6, 6.07) is 7.69. The number of hydrogen-bond acceptors (Lipinski definition) is 3. The van der Waals surface area contributed by atoms with Crippen molar-refractivity contribution in [3.63, 3.8) is 0 Å². The number of rotatable bonds is 4. The monoisotopic (exact) mass is 287 g/mol. The summed E-state index contributed by atoms with van der Waals surface area (Å²) in [5, 5.41) is 0. The van der Waals surface area contributed by atoms with E-state index in [1.807, 2.05) is 24.3 Å². The first-order valence-corrected chi connectivity index (χ1v) is 6.84. The van der Waals surface area contributed by atoms with Gasteiger partial charge in [0.1, 0.15) is 0 Å². The first-order chi connectivity index (χ1) is 9.46. The Labute approximate surface area is 117 Å². The zero-order valence-electron chi connectivity index (χ0n) is 11.4. The molecule has 3 nitrogen and oxygen atoms in total. The minimum Gasteiger partial charge on any atom is -0.397 e. The molecule has 20 heavy (non-hydrogen) atoms. The summed E-state index contributed by atoms with van der Waals surface area (Å²) in [5.74, 6) is 0. The summed E-state index contributed by atoms with van der Waals surface area (Å²) in [4.78, 5) is 4.27. The standard InChI is InChI=1S/C14H20F3N3/c15-14(16,17)6-3-7-19-8-10-20(11-9-19)13-5-2-1-4-12(13)18/h1-2,4-5H,3,6-11,18H2. The van der Waals surface area contributed by atoms with E-state index >= 15 is 0 Å². The Morgan fingerprint density at radius 1 is 1.05 bits per heavy atom. The van der Waals surface area contributed by atoms with Crippen molar-refractivity contribution in [2.75, 3.05) is 43.4 Å². The smallest absolute Gasteiger partial charge is 0.389 e. The Morgan fingerprint density at radius 3 is 2.30 bits per heavy atom. The lowest BCUT2D eigenvalue weighted by atomic mass is 10.2. The van der Waals surface area contributed by atoms with E-state index in [0.717, 1.165) is 37.6 Å². The second-order valence-electron chi connectivity index (χ2n) is 5.11. The number of alkyl halides is 3. The molecular weight excluding hydrogens is 267 g/mol. The van der Waals surface area contributed by atoms with Crippen molar-refractivity contribution in [1.29, 1.82) is 0 Å². The van der Waals surface area contributed by atoms with Gasteiger partial charge in [-0.15, -0.1) is 0 Å². The van der Waals surface area contributed by atoms with Crippen LogP contribution in [0.4, 0.5) is 24.5 Å². The van der Waals surface area contributed by atoms with E-state index < -0.39 is 12.6 Å². The minimum absolute atomic E-state index is 0.178. The number of piperazine rings is 1. The van der Waals surface area contributed by atoms with E-state index in [-0.39, 0.29) is 6.42 Å². The van der Waals surface area contributed by atoms with Crippen LogP contribution in [0.3, 0.4) is 0 Å². The third-order valence-corrected chi connectivity index (χ3v) is 3.58. The number of nitrogens with two attached hydrogens (primary N) is 1. The van der Waals surface area contributed by atoms with E-state index in [4.69, 9.17) is 5.73 Å². The van der Waals surface area contributed by atoms with Crippen LogP contribution in [-0.4, -0.2) is 43.8 Å². The van der Waals surface area contributed by atoms with E-state index in [2.05, 4.69) is 9.80 Å². The van der Waals surface area contributed by atoms with Crippen LogP contribution in [0.15, 0.2) is 24.3 Å². The Balaban J connectivity index is 1.77. The molecule has 0 saturated carbocycles. The van der Waals surface area contributed by atoms with E-state index in [1.54, 1.807) is 0 Å². The second-order valence-corrected chi connectivity index (χ2v) is 5.11. The molecule has 1 aliphatic heterocycles. The minimum atomic E-state index is -4.04. The van der Waals surface area contributed by atoms with Gasteiger partial charge in [-0.3, -0.25) is 4.90 Å². The van der Waals surface area contributed by atoms with E-state index in [0.29, 0.717) is 6.54 Å². The van der Waals surface area contributed by atoms with Crippen LogP contribution >= 0.6 is 0 Å². The van der Waals surface area contributed by atoms with E-state index in [1.165, 1.54) is 0 Å². The van der Waals surface area contributed by atoms with Crippen LogP contribution in [-0.2, 0) is 0 Å². The molecule has 2 rings (SSSR count). The number of halogens is 3. The largest absolute Gasteiger partial charge is 0.397 e. The SMILES string of the molecule is Nc1ccccc1N1CCN(CCCC(F)(F)F)CC1. The first-order valence-electron chi connectivity index (χ1n) is 6.84. The number of benzene rings is 1. The molecule has 0 spiro atoms. The fourth-order valence-electron chi connectivity index (χ4n) is 2.49. The summed E-state index contributed by atoms with van der Waals surface area (Å²) >= 11 is 0. The van der Waals surface area contributed by atoms with Gasteiger partial charge in [-0.1, -0.05) is 12.1 Å². The van der Waals surface area contributed by atoms with Crippen LogP contribution in [0.1, 0.15) is 12.8 Å². The summed E-state index contributed by atoms with van der Waals surface area (Å²) in [7, 11) is 0. The van der Waals surface area contributed by atoms with Crippen molar-refractivity contribution in [2.24, 2.45) is 0 Å². The molecule has 6 heteroatoms. The molecule has 0 bridgehead atoms. The van der Waals surface area contributed by atoms with Crippen molar-refractivity contribution >= 4 is 11.4 Å². The van der Waals surface area contributed by atoms with Crippen LogP contribution < -0.4 is 10.6 Å². The normalized spacial score (nSPS) is 17.4. The van der Waals surface area contributed by atoms with Crippen LogP contribution in [0.2, 0.25) is 0 Å². The molecule has 0 atom stereocenters. The quantitative estimate of drug-likeness (QED) is 0.864. The van der Waals surface area contributed by atoms with Crippen molar-refractivity contribution in [2.45, 2.75) is 19.0 Å². The van der Waals surface area contributed by atoms with Crippen LogP contribution in [0, 0.1) is 0 Å². The molecule has 1 aliphatic rings. The lowest BCUT2D eigenvalue weighted by molar-refractivity contribution is -0.136. The Bertz CT molecular complexity index is 426. The van der Waals surface area contributed by atoms with Gasteiger partial charge in [0.15, 0.2) is 0 Å². The van der Waals surface area contributed by atoms with Crippen molar-refractivity contribution in [1.82, 2.24) is 4.90 Å². The lowest BCUT2D eigenvalue weighted by Crippen LogP contribution is -2.46. The van der Waals surface area contributed by atoms with Crippen LogP contribution in [0.5, 0.6) is 0 Å². The van der Waals surface area contributed by atoms with Crippen molar-refractivity contribution < 1.29 is 13.2 Å². The maximum Gasteiger partial charge on any atom is 0.389 e. The molecule has 0 aromatic heterocycles. The predicted molar refractivity (Wildman–Crippen MR) is 74.8 cm³/mol. The van der Waals surface area contributed by atoms with Gasteiger partial charge in [0.05, 0.1) is 11.4 Å². The average Bonchev–Trinajstić information content (AvgIpc) is 2.39. The Kier molecular flexibility index (Phi) is 4.75. The maximum atomic E-state index is 12.1. The highest BCUT2D eigenvalue weighted by Crippen LogP contribution is 2.24. The average molecular weight is 287 g/mol. The number of nitrogens with zero attached hydrogens (tertiary/aromatic N) is 2. The molecule has 1 aromatic rings. The molecule has 1 saturated heterocycles. The molecule has 1 aromatic carbocycles. The number of nitrogen functional groups attached to an aromatic ring is 1. The zero-order chi connectivity index (χ0) is 14.6. The molecule has 1 heterocycles. The summed E-state index contributed by atoms with van der Waals surface area (Å²) in [6.45, 7) is 3.69. The van der Waals surface area contributed by atoms with Gasteiger partial charge < -0.3 is 10.6 Å². The summed E-state index contributed by atoms with van der Waals surface area (Å²) in [5.41, 5.74) is 7.70. The Morgan fingerprint density at radius 2 is 1.70 bits per heavy atom. The third kappa shape index (κ3) is 4.30. The molecule has 0 amide bonds. The molecule has 0 unspecified atom stereocenters. The number of para-hydroxylation sites is 2. The fourth-order valence-corrected chi connectivity index (χ4v) is 2.49. The first kappa shape index (κ1) is 15.0. The molecule has 0 radical (unpaired) electrons. The zero-order valence-corrected chi connectivity index (χ0v) is 11.4. The van der Waals surface area contributed by atoms with Gasteiger partial charge >= 0.3 is 6.18 Å². The maximum absolute atomic E-state index is 12.1. The van der Waals surface area contributed by atoms with E-state index in [9.17, 15) is 13.2 Å². The highest BCUT2D eigenvalue weighted by Gasteiger charge is 2.27. The molecular formula is C14H20F3N3. The molecule has 1 fully saturated rings. The van der Waals surface area contributed by atoms with Gasteiger partial charge in [-0.05, 0) is 25.1 Å². The van der Waals surface area contributed by atoms with Gasteiger partial charge in [-0.25, -0.2) is 0 Å². The third-order valence-electron chi connectivity index (χ3n) is 3.58. The van der Waals surface area contributed by atoms with Crippen molar-refractivity contribution in [3.8, 4) is 0 Å². The van der Waals surface area contributed by atoms with Gasteiger partial charge in [0, 0.05) is 32.6 Å². The Hall–Kier alpha value is -1.43. The van der Waals surface area contributed by atoms with Gasteiger partial charge in [0.25, 0.3) is 0 Å². The highest BCUT2D eigenvalue weighted by molar-refractivity contribution is 5.67. The molecule has 0 aliphatic carbocycles. The summed E-state index contributed by atoms with van der Waals surface area (Å²) < 4.78 is 36.3. The van der Waals surface area contributed by atoms with Crippen LogP contribution in [0.25, 0.3) is 0 Å².